The molecule has 0 radical (unpaired) electrons. The molecule has 150 valence electrons. The molecule has 5 nitrogen and oxygen atoms in total. The number of hydrogen-bond acceptors (Lipinski definition) is 3. The van der Waals surface area contributed by atoms with E-state index < -0.39 is 0 Å². The second-order valence-electron chi connectivity index (χ2n) is 8.05. The van der Waals surface area contributed by atoms with Gasteiger partial charge in [0.15, 0.2) is 5.11 Å². The molecule has 0 aliphatic carbocycles. The predicted molar refractivity (Wildman–Crippen MR) is 120 cm³/mol. The summed E-state index contributed by atoms with van der Waals surface area (Å²) in [5.74, 6) is 0.501. The molecule has 0 unspecified atom stereocenters. The summed E-state index contributed by atoms with van der Waals surface area (Å²) in [6, 6.07) is 12.5. The van der Waals surface area contributed by atoms with Gasteiger partial charge in [-0.05, 0) is 67.9 Å². The smallest absolute Gasteiger partial charge is 0.170 e. The Balaban J connectivity index is 1.83. The topological polar surface area (TPSA) is 46.0 Å². The van der Waals surface area contributed by atoms with E-state index >= 15 is 0 Å². The lowest BCUT2D eigenvalue weighted by atomic mass is 9.96. The molecule has 2 atom stereocenters. The molecular formula is C23H27N5S. The Bertz CT molecular complexity index is 997. The van der Waals surface area contributed by atoms with Gasteiger partial charge in [-0.2, -0.15) is 0 Å². The Morgan fingerprint density at radius 3 is 2.62 bits per heavy atom. The molecule has 0 saturated carbocycles. The van der Waals surface area contributed by atoms with Crippen LogP contribution in [0.25, 0.3) is 5.69 Å². The van der Waals surface area contributed by atoms with Crippen LogP contribution in [0.2, 0.25) is 0 Å². The maximum atomic E-state index is 5.76. The summed E-state index contributed by atoms with van der Waals surface area (Å²) in [5, 5.41) is 4.34. The minimum absolute atomic E-state index is 0.0188. The third-order valence-corrected chi connectivity index (χ3v) is 5.81. The highest BCUT2D eigenvalue weighted by Crippen LogP contribution is 2.41. The van der Waals surface area contributed by atoms with Crippen LogP contribution in [-0.4, -0.2) is 31.1 Å². The van der Waals surface area contributed by atoms with E-state index in [1.165, 1.54) is 17.0 Å². The third-order valence-electron chi connectivity index (χ3n) is 5.45. The van der Waals surface area contributed by atoms with Gasteiger partial charge in [0.2, 0.25) is 0 Å². The van der Waals surface area contributed by atoms with Crippen LogP contribution in [-0.2, 0) is 0 Å². The first-order valence-corrected chi connectivity index (χ1v) is 10.5. The van der Waals surface area contributed by atoms with E-state index in [4.69, 9.17) is 12.2 Å². The van der Waals surface area contributed by atoms with Gasteiger partial charge < -0.3 is 14.8 Å². The number of nitrogens with zero attached hydrogens (tertiary/aromatic N) is 4. The van der Waals surface area contributed by atoms with E-state index in [2.05, 4.69) is 70.6 Å². The molecule has 0 amide bonds. The molecule has 0 bridgehead atoms. The van der Waals surface area contributed by atoms with Crippen molar-refractivity contribution in [1.29, 1.82) is 0 Å². The normalized spacial score (nSPS) is 19.1. The van der Waals surface area contributed by atoms with Gasteiger partial charge in [0.1, 0.15) is 0 Å². The van der Waals surface area contributed by atoms with Gasteiger partial charge in [-0.1, -0.05) is 19.9 Å². The van der Waals surface area contributed by atoms with Crippen LogP contribution in [0.3, 0.4) is 0 Å². The van der Waals surface area contributed by atoms with Crippen molar-refractivity contribution in [3.63, 3.8) is 0 Å². The van der Waals surface area contributed by atoms with E-state index in [0.717, 1.165) is 23.0 Å². The Hall–Kier alpha value is -2.73. The van der Waals surface area contributed by atoms with E-state index in [1.54, 1.807) is 6.20 Å². The molecule has 0 spiro atoms. The van der Waals surface area contributed by atoms with Crippen LogP contribution < -0.4 is 5.32 Å². The molecule has 1 aliphatic rings. The average molecular weight is 406 g/mol. The molecule has 1 saturated heterocycles. The lowest BCUT2D eigenvalue weighted by Gasteiger charge is -2.29. The zero-order valence-corrected chi connectivity index (χ0v) is 18.1. The van der Waals surface area contributed by atoms with Crippen molar-refractivity contribution in [2.45, 2.75) is 39.8 Å². The van der Waals surface area contributed by atoms with Crippen molar-refractivity contribution < 1.29 is 0 Å². The van der Waals surface area contributed by atoms with Crippen molar-refractivity contribution in [3.8, 4) is 5.69 Å². The summed E-state index contributed by atoms with van der Waals surface area (Å²) in [7, 11) is 0. The predicted octanol–water partition coefficient (Wildman–Crippen LogP) is 4.51. The Morgan fingerprint density at radius 2 is 1.97 bits per heavy atom. The van der Waals surface area contributed by atoms with Crippen molar-refractivity contribution in [2.24, 2.45) is 5.92 Å². The van der Waals surface area contributed by atoms with E-state index in [0.29, 0.717) is 5.92 Å². The van der Waals surface area contributed by atoms with Gasteiger partial charge in [0.05, 0.1) is 29.7 Å². The molecule has 1 N–H and O–H groups in total. The standard InChI is InChI=1S/C23H27N5S/c1-15(2)14-27-22(21(26-23(27)29)20-9-5-6-11-25-20)19-12-16(3)28(17(19)4)18-8-7-10-24-13-18/h5-13,15,21-22H,14H2,1-4H3,(H,26,29)/t21-,22-/m0/s1. The highest BCUT2D eigenvalue weighted by Gasteiger charge is 2.41. The molecule has 1 fully saturated rings. The fourth-order valence-corrected chi connectivity index (χ4v) is 4.62. The van der Waals surface area contributed by atoms with Crippen molar-refractivity contribution in [2.75, 3.05) is 6.54 Å². The van der Waals surface area contributed by atoms with E-state index in [9.17, 15) is 0 Å². The maximum absolute atomic E-state index is 5.76. The van der Waals surface area contributed by atoms with Crippen LogP contribution >= 0.6 is 12.2 Å². The average Bonchev–Trinajstić information content (AvgIpc) is 3.18. The monoisotopic (exact) mass is 405 g/mol. The number of nitrogens with one attached hydrogen (secondary N) is 1. The number of thiocarbonyl (C=S) groups is 1. The van der Waals surface area contributed by atoms with Gasteiger partial charge in [0.25, 0.3) is 0 Å². The number of pyridine rings is 2. The minimum Gasteiger partial charge on any atom is -0.352 e. The molecule has 4 rings (SSSR count). The van der Waals surface area contributed by atoms with Gasteiger partial charge in [0, 0.05) is 30.3 Å². The minimum atomic E-state index is 0.0188. The Kier molecular flexibility index (Phi) is 5.37. The van der Waals surface area contributed by atoms with E-state index in [1.807, 2.05) is 30.6 Å². The first-order valence-electron chi connectivity index (χ1n) is 10.0. The third kappa shape index (κ3) is 3.65. The summed E-state index contributed by atoms with van der Waals surface area (Å²) in [6.07, 6.45) is 5.56. The summed E-state index contributed by atoms with van der Waals surface area (Å²) >= 11 is 5.76. The van der Waals surface area contributed by atoms with Crippen LogP contribution in [0.15, 0.2) is 55.0 Å². The van der Waals surface area contributed by atoms with Gasteiger partial charge >= 0.3 is 0 Å². The van der Waals surface area contributed by atoms with Crippen LogP contribution in [0.5, 0.6) is 0 Å². The molecule has 3 aromatic rings. The molecule has 4 heterocycles. The highest BCUT2D eigenvalue weighted by molar-refractivity contribution is 7.80. The number of rotatable bonds is 5. The summed E-state index contributed by atoms with van der Waals surface area (Å²) < 4.78 is 2.27. The van der Waals surface area contributed by atoms with Crippen molar-refractivity contribution in [1.82, 2.24) is 24.8 Å². The number of hydrogen-bond donors (Lipinski definition) is 1. The Labute approximate surface area is 177 Å². The second-order valence-corrected chi connectivity index (χ2v) is 8.43. The lowest BCUT2D eigenvalue weighted by molar-refractivity contribution is 0.287. The molecular weight excluding hydrogens is 378 g/mol. The number of aromatic nitrogens is 3. The highest BCUT2D eigenvalue weighted by atomic mass is 32.1. The lowest BCUT2D eigenvalue weighted by Crippen LogP contribution is -2.33. The zero-order chi connectivity index (χ0) is 20.5. The molecule has 3 aromatic heterocycles. The largest absolute Gasteiger partial charge is 0.352 e. The van der Waals surface area contributed by atoms with Crippen LogP contribution in [0.1, 0.15) is 48.6 Å². The fourth-order valence-electron chi connectivity index (χ4n) is 4.30. The zero-order valence-electron chi connectivity index (χ0n) is 17.3. The second kappa shape index (κ2) is 7.95. The molecule has 0 aromatic carbocycles. The molecule has 29 heavy (non-hydrogen) atoms. The fraction of sp³-hybridized carbons (Fsp3) is 0.348. The first kappa shape index (κ1) is 19.6. The molecule has 6 heteroatoms. The Morgan fingerprint density at radius 1 is 1.14 bits per heavy atom. The van der Waals surface area contributed by atoms with Crippen LogP contribution in [0.4, 0.5) is 0 Å². The van der Waals surface area contributed by atoms with E-state index in [-0.39, 0.29) is 12.1 Å². The quantitative estimate of drug-likeness (QED) is 0.633. The van der Waals surface area contributed by atoms with Crippen molar-refractivity contribution in [3.05, 3.63) is 77.6 Å². The summed E-state index contributed by atoms with van der Waals surface area (Å²) in [6.45, 7) is 9.68. The number of aryl methyl sites for hydroxylation is 1. The van der Waals surface area contributed by atoms with Crippen molar-refractivity contribution >= 4 is 17.3 Å². The first-order chi connectivity index (χ1) is 14.0. The van der Waals surface area contributed by atoms with Gasteiger partial charge in [-0.25, -0.2) is 0 Å². The molecule has 1 aliphatic heterocycles. The summed E-state index contributed by atoms with van der Waals surface area (Å²) in [4.78, 5) is 11.3. The van der Waals surface area contributed by atoms with Crippen LogP contribution in [0, 0.1) is 19.8 Å². The maximum Gasteiger partial charge on any atom is 0.170 e. The SMILES string of the molecule is Cc1cc([C@H]2[C@H](c3ccccn3)NC(=S)N2CC(C)C)c(C)n1-c1cccnc1. The van der Waals surface area contributed by atoms with Gasteiger partial charge in [-0.15, -0.1) is 0 Å². The van der Waals surface area contributed by atoms with Gasteiger partial charge in [-0.3, -0.25) is 9.97 Å². The summed E-state index contributed by atoms with van der Waals surface area (Å²) in [5.41, 5.74) is 5.76.